The molecule has 2 N–H and O–H groups in total. The molecule has 0 atom stereocenters. The SMILES string of the molecule is Cc1ccccc1COc1ccc2ccccc2c1CNc1cc(C(=O)O)ccc1C. The summed E-state index contributed by atoms with van der Waals surface area (Å²) >= 11 is 0. The number of hydrogen-bond donors (Lipinski definition) is 2. The van der Waals surface area contributed by atoms with Crippen LogP contribution < -0.4 is 10.1 Å². The van der Waals surface area contributed by atoms with Gasteiger partial charge in [0.25, 0.3) is 0 Å². The average molecular weight is 412 g/mol. The van der Waals surface area contributed by atoms with Crippen LogP contribution in [0.3, 0.4) is 0 Å². The van der Waals surface area contributed by atoms with Gasteiger partial charge in [0.1, 0.15) is 12.4 Å². The number of carbonyl (C=O) groups is 1. The number of ether oxygens (including phenoxy) is 1. The fourth-order valence-electron chi connectivity index (χ4n) is 3.69. The van der Waals surface area contributed by atoms with E-state index in [1.54, 1.807) is 12.1 Å². The first-order chi connectivity index (χ1) is 15.0. The van der Waals surface area contributed by atoms with Crippen LogP contribution in [0.5, 0.6) is 5.75 Å². The Balaban J connectivity index is 1.65. The normalized spacial score (nSPS) is 10.8. The fourth-order valence-corrected chi connectivity index (χ4v) is 3.69. The summed E-state index contributed by atoms with van der Waals surface area (Å²) in [6, 6.07) is 25.6. The summed E-state index contributed by atoms with van der Waals surface area (Å²) in [5.41, 5.74) is 5.46. The molecule has 0 fully saturated rings. The van der Waals surface area contributed by atoms with Crippen molar-refractivity contribution in [3.63, 3.8) is 0 Å². The van der Waals surface area contributed by atoms with Crippen LogP contribution in [0.15, 0.2) is 78.9 Å². The third-order valence-corrected chi connectivity index (χ3v) is 5.58. The highest BCUT2D eigenvalue weighted by molar-refractivity contribution is 5.90. The van der Waals surface area contributed by atoms with Gasteiger partial charge in [0, 0.05) is 17.8 Å². The van der Waals surface area contributed by atoms with Crippen LogP contribution in [-0.4, -0.2) is 11.1 Å². The number of carboxylic acid groups (broad SMARTS) is 1. The van der Waals surface area contributed by atoms with Gasteiger partial charge in [-0.15, -0.1) is 0 Å². The molecular weight excluding hydrogens is 386 g/mol. The highest BCUT2D eigenvalue weighted by atomic mass is 16.5. The van der Waals surface area contributed by atoms with Crippen LogP contribution >= 0.6 is 0 Å². The van der Waals surface area contributed by atoms with E-state index in [0.29, 0.717) is 13.2 Å². The molecule has 0 unspecified atom stereocenters. The number of carboxylic acids is 1. The van der Waals surface area contributed by atoms with Crippen molar-refractivity contribution >= 4 is 22.4 Å². The maximum Gasteiger partial charge on any atom is 0.335 e. The Labute approximate surface area is 182 Å². The maximum absolute atomic E-state index is 11.4. The summed E-state index contributed by atoms with van der Waals surface area (Å²) in [6.07, 6.45) is 0. The zero-order valence-electron chi connectivity index (χ0n) is 17.7. The van der Waals surface area contributed by atoms with Crippen LogP contribution in [-0.2, 0) is 13.2 Å². The number of anilines is 1. The molecule has 0 aliphatic rings. The van der Waals surface area contributed by atoms with Crippen LogP contribution in [0.4, 0.5) is 5.69 Å². The van der Waals surface area contributed by atoms with Crippen molar-refractivity contribution in [1.82, 2.24) is 0 Å². The van der Waals surface area contributed by atoms with E-state index in [9.17, 15) is 9.90 Å². The van der Waals surface area contributed by atoms with Gasteiger partial charge in [0.2, 0.25) is 0 Å². The second-order valence-corrected chi connectivity index (χ2v) is 7.67. The quantitative estimate of drug-likeness (QED) is 0.372. The Bertz CT molecular complexity index is 1250. The molecule has 4 aromatic carbocycles. The molecule has 0 amide bonds. The minimum absolute atomic E-state index is 0.266. The molecule has 0 spiro atoms. The van der Waals surface area contributed by atoms with E-state index in [0.717, 1.165) is 38.9 Å². The lowest BCUT2D eigenvalue weighted by atomic mass is 10.0. The third kappa shape index (κ3) is 4.53. The van der Waals surface area contributed by atoms with Crippen molar-refractivity contribution in [2.45, 2.75) is 27.0 Å². The molecule has 4 nitrogen and oxygen atoms in total. The fraction of sp³-hybridized carbons (Fsp3) is 0.148. The van der Waals surface area contributed by atoms with Crippen molar-refractivity contribution in [2.24, 2.45) is 0 Å². The van der Waals surface area contributed by atoms with E-state index >= 15 is 0 Å². The van der Waals surface area contributed by atoms with Gasteiger partial charge in [-0.25, -0.2) is 4.79 Å². The lowest BCUT2D eigenvalue weighted by molar-refractivity contribution is 0.0697. The molecule has 0 radical (unpaired) electrons. The number of hydrogen-bond acceptors (Lipinski definition) is 3. The molecule has 0 bridgehead atoms. The first kappa shape index (κ1) is 20.5. The van der Waals surface area contributed by atoms with Crippen LogP contribution in [0.1, 0.15) is 32.6 Å². The van der Waals surface area contributed by atoms with E-state index in [4.69, 9.17) is 4.74 Å². The molecule has 31 heavy (non-hydrogen) atoms. The number of aromatic carboxylic acids is 1. The highest BCUT2D eigenvalue weighted by Crippen LogP contribution is 2.30. The first-order valence-electron chi connectivity index (χ1n) is 10.3. The van der Waals surface area contributed by atoms with Crippen molar-refractivity contribution < 1.29 is 14.6 Å². The van der Waals surface area contributed by atoms with E-state index in [2.05, 4.69) is 42.6 Å². The van der Waals surface area contributed by atoms with Gasteiger partial charge in [-0.05, 0) is 59.5 Å². The lowest BCUT2D eigenvalue weighted by Gasteiger charge is -2.17. The number of fused-ring (bicyclic) bond motifs is 1. The molecule has 0 heterocycles. The summed E-state index contributed by atoms with van der Waals surface area (Å²) in [7, 11) is 0. The molecule has 0 aromatic heterocycles. The molecule has 0 saturated carbocycles. The molecule has 156 valence electrons. The summed E-state index contributed by atoms with van der Waals surface area (Å²) in [6.45, 7) is 5.06. The van der Waals surface area contributed by atoms with Crippen LogP contribution in [0.2, 0.25) is 0 Å². The predicted molar refractivity (Wildman–Crippen MR) is 125 cm³/mol. The number of rotatable bonds is 7. The molecule has 0 aliphatic carbocycles. The Morgan fingerprint density at radius 1 is 0.903 bits per heavy atom. The predicted octanol–water partition coefficient (Wildman–Crippen LogP) is 6.35. The number of benzene rings is 4. The zero-order chi connectivity index (χ0) is 21.8. The smallest absolute Gasteiger partial charge is 0.335 e. The molecule has 4 rings (SSSR count). The number of aryl methyl sites for hydroxylation is 2. The topological polar surface area (TPSA) is 58.6 Å². The Hall–Kier alpha value is -3.79. The summed E-state index contributed by atoms with van der Waals surface area (Å²) in [5, 5.41) is 15.0. The van der Waals surface area contributed by atoms with E-state index < -0.39 is 5.97 Å². The standard InChI is InChI=1S/C27H25NO3/c1-18-7-3-4-9-22(18)17-31-26-14-13-20-8-5-6-10-23(20)24(26)16-28-25-15-21(27(29)30)12-11-19(25)2/h3-15,28H,16-17H2,1-2H3,(H,29,30). The van der Waals surface area contributed by atoms with Gasteiger partial charge < -0.3 is 15.2 Å². The monoisotopic (exact) mass is 411 g/mol. The maximum atomic E-state index is 11.4. The van der Waals surface area contributed by atoms with Crippen molar-refractivity contribution in [2.75, 3.05) is 5.32 Å². The zero-order valence-corrected chi connectivity index (χ0v) is 17.7. The summed E-state index contributed by atoms with van der Waals surface area (Å²) < 4.78 is 6.26. The third-order valence-electron chi connectivity index (χ3n) is 5.58. The van der Waals surface area contributed by atoms with Gasteiger partial charge in [-0.1, -0.05) is 60.7 Å². The van der Waals surface area contributed by atoms with E-state index in [1.165, 1.54) is 5.56 Å². The molecule has 0 saturated heterocycles. The van der Waals surface area contributed by atoms with Gasteiger partial charge >= 0.3 is 5.97 Å². The van der Waals surface area contributed by atoms with Gasteiger partial charge in [0.15, 0.2) is 0 Å². The number of nitrogens with one attached hydrogen (secondary N) is 1. The molecular formula is C27H25NO3. The minimum Gasteiger partial charge on any atom is -0.489 e. The van der Waals surface area contributed by atoms with Crippen molar-refractivity contribution in [1.29, 1.82) is 0 Å². The minimum atomic E-state index is -0.935. The van der Waals surface area contributed by atoms with E-state index in [-0.39, 0.29) is 5.56 Å². The van der Waals surface area contributed by atoms with Crippen LogP contribution in [0, 0.1) is 13.8 Å². The largest absolute Gasteiger partial charge is 0.489 e. The lowest BCUT2D eigenvalue weighted by Crippen LogP contribution is -2.07. The second kappa shape index (κ2) is 8.92. The highest BCUT2D eigenvalue weighted by Gasteiger charge is 2.12. The van der Waals surface area contributed by atoms with Gasteiger partial charge in [-0.3, -0.25) is 0 Å². The Morgan fingerprint density at radius 2 is 1.68 bits per heavy atom. The van der Waals surface area contributed by atoms with Crippen molar-refractivity contribution in [3.05, 3.63) is 107 Å². The van der Waals surface area contributed by atoms with E-state index in [1.807, 2.05) is 43.3 Å². The Kier molecular flexibility index (Phi) is 5.89. The molecule has 4 aromatic rings. The molecule has 4 heteroatoms. The Morgan fingerprint density at radius 3 is 2.48 bits per heavy atom. The van der Waals surface area contributed by atoms with Crippen LogP contribution in [0.25, 0.3) is 10.8 Å². The second-order valence-electron chi connectivity index (χ2n) is 7.67. The summed E-state index contributed by atoms with van der Waals surface area (Å²) in [5.74, 6) is -0.114. The first-order valence-corrected chi connectivity index (χ1v) is 10.3. The van der Waals surface area contributed by atoms with Crippen molar-refractivity contribution in [3.8, 4) is 5.75 Å². The molecule has 0 aliphatic heterocycles. The summed E-state index contributed by atoms with van der Waals surface area (Å²) in [4.78, 5) is 11.4. The van der Waals surface area contributed by atoms with Gasteiger partial charge in [0.05, 0.1) is 5.56 Å². The van der Waals surface area contributed by atoms with Gasteiger partial charge in [-0.2, -0.15) is 0 Å². The average Bonchev–Trinajstić information content (AvgIpc) is 2.78.